The van der Waals surface area contributed by atoms with Crippen molar-refractivity contribution in [2.45, 2.75) is 52.5 Å². The van der Waals surface area contributed by atoms with Gasteiger partial charge in [-0.05, 0) is 58.2 Å². The predicted molar refractivity (Wildman–Crippen MR) is 82.7 cm³/mol. The molecule has 2 rings (SSSR count). The number of nitrogens with zero attached hydrogens (tertiary/aromatic N) is 1. The van der Waals surface area contributed by atoms with Gasteiger partial charge in [-0.3, -0.25) is 9.69 Å². The molecule has 2 saturated heterocycles. The Hall–Kier alpha value is -0.610. The maximum absolute atomic E-state index is 12.5. The summed E-state index contributed by atoms with van der Waals surface area (Å²) in [4.78, 5) is 15.0. The zero-order valence-electron chi connectivity index (χ0n) is 13.4. The number of amides is 1. The van der Waals surface area contributed by atoms with Gasteiger partial charge in [0.25, 0.3) is 0 Å². The maximum atomic E-state index is 12.5. The molecule has 1 amide bonds. The SMILES string of the molecule is CC(C)C(CNC(=O)C1(C)CCCNC1)N1CCCC1. The van der Waals surface area contributed by atoms with Crippen molar-refractivity contribution >= 4 is 5.91 Å². The Morgan fingerprint density at radius 1 is 1.30 bits per heavy atom. The first-order valence-electron chi connectivity index (χ1n) is 8.26. The number of nitrogens with one attached hydrogen (secondary N) is 2. The standard InChI is InChI=1S/C16H31N3O/c1-13(2)14(19-9-4-5-10-19)11-18-15(20)16(3)7-6-8-17-12-16/h13-14,17H,4-12H2,1-3H3,(H,18,20). The van der Waals surface area contributed by atoms with E-state index in [1.165, 1.54) is 25.9 Å². The number of likely N-dealkylation sites (tertiary alicyclic amines) is 1. The van der Waals surface area contributed by atoms with E-state index in [-0.39, 0.29) is 11.3 Å². The van der Waals surface area contributed by atoms with Crippen molar-refractivity contribution in [2.75, 3.05) is 32.7 Å². The van der Waals surface area contributed by atoms with Crippen molar-refractivity contribution in [3.63, 3.8) is 0 Å². The molecule has 2 N–H and O–H groups in total. The number of carbonyl (C=O) groups is 1. The van der Waals surface area contributed by atoms with Crippen molar-refractivity contribution in [3.05, 3.63) is 0 Å². The minimum Gasteiger partial charge on any atom is -0.354 e. The summed E-state index contributed by atoms with van der Waals surface area (Å²) in [5.74, 6) is 0.820. The van der Waals surface area contributed by atoms with Gasteiger partial charge in [-0.2, -0.15) is 0 Å². The van der Waals surface area contributed by atoms with E-state index in [1.54, 1.807) is 0 Å². The van der Waals surface area contributed by atoms with Crippen LogP contribution in [0.5, 0.6) is 0 Å². The first-order chi connectivity index (χ1) is 9.53. The molecular formula is C16H31N3O. The summed E-state index contributed by atoms with van der Waals surface area (Å²) in [5.41, 5.74) is -0.217. The first-order valence-corrected chi connectivity index (χ1v) is 8.26. The van der Waals surface area contributed by atoms with Crippen molar-refractivity contribution < 1.29 is 4.79 Å². The molecule has 0 saturated carbocycles. The maximum Gasteiger partial charge on any atom is 0.227 e. The van der Waals surface area contributed by atoms with Gasteiger partial charge in [0, 0.05) is 19.1 Å². The third-order valence-electron chi connectivity index (χ3n) is 5.00. The quantitative estimate of drug-likeness (QED) is 0.805. The predicted octanol–water partition coefficient (Wildman–Crippen LogP) is 1.61. The summed E-state index contributed by atoms with van der Waals surface area (Å²) in [6.07, 6.45) is 4.71. The highest BCUT2D eigenvalue weighted by Crippen LogP contribution is 2.25. The van der Waals surface area contributed by atoms with Crippen LogP contribution in [-0.4, -0.2) is 49.6 Å². The second-order valence-electron chi connectivity index (χ2n) is 7.11. The number of carbonyl (C=O) groups excluding carboxylic acids is 1. The lowest BCUT2D eigenvalue weighted by molar-refractivity contribution is -0.131. The fourth-order valence-corrected chi connectivity index (χ4v) is 3.52. The van der Waals surface area contributed by atoms with Crippen molar-refractivity contribution in [1.29, 1.82) is 0 Å². The highest BCUT2D eigenvalue weighted by molar-refractivity contribution is 5.82. The molecule has 0 aromatic heterocycles. The summed E-state index contributed by atoms with van der Waals surface area (Å²) in [6, 6.07) is 0.488. The van der Waals surface area contributed by atoms with Crippen LogP contribution in [0.25, 0.3) is 0 Å². The fraction of sp³-hybridized carbons (Fsp3) is 0.938. The van der Waals surface area contributed by atoms with Crippen LogP contribution in [0.4, 0.5) is 0 Å². The molecule has 0 spiro atoms. The summed E-state index contributed by atoms with van der Waals surface area (Å²) >= 11 is 0. The Kier molecular flexibility index (Phi) is 5.44. The highest BCUT2D eigenvalue weighted by atomic mass is 16.2. The van der Waals surface area contributed by atoms with Crippen LogP contribution in [0.3, 0.4) is 0 Å². The highest BCUT2D eigenvalue weighted by Gasteiger charge is 2.35. The van der Waals surface area contributed by atoms with E-state index in [0.717, 1.165) is 32.5 Å². The molecule has 2 aliphatic heterocycles. The van der Waals surface area contributed by atoms with Crippen molar-refractivity contribution in [2.24, 2.45) is 11.3 Å². The van der Waals surface area contributed by atoms with Gasteiger partial charge in [-0.15, -0.1) is 0 Å². The van der Waals surface area contributed by atoms with Crippen LogP contribution < -0.4 is 10.6 Å². The van der Waals surface area contributed by atoms with Gasteiger partial charge in [0.15, 0.2) is 0 Å². The molecule has 2 heterocycles. The minimum atomic E-state index is -0.217. The summed E-state index contributed by atoms with van der Waals surface area (Å²) in [7, 11) is 0. The van der Waals surface area contributed by atoms with Gasteiger partial charge in [0.1, 0.15) is 0 Å². The second-order valence-corrected chi connectivity index (χ2v) is 7.11. The smallest absolute Gasteiger partial charge is 0.227 e. The summed E-state index contributed by atoms with van der Waals surface area (Å²) in [5, 5.41) is 6.58. The molecule has 0 aliphatic carbocycles. The molecule has 2 aliphatic rings. The van der Waals surface area contributed by atoms with Gasteiger partial charge in [-0.1, -0.05) is 13.8 Å². The van der Waals surface area contributed by atoms with Crippen LogP contribution in [0, 0.1) is 11.3 Å². The van der Waals surface area contributed by atoms with Gasteiger partial charge >= 0.3 is 0 Å². The molecule has 4 nitrogen and oxygen atoms in total. The lowest BCUT2D eigenvalue weighted by Gasteiger charge is -2.35. The van der Waals surface area contributed by atoms with E-state index in [1.807, 2.05) is 0 Å². The number of hydrogen-bond acceptors (Lipinski definition) is 3. The molecule has 20 heavy (non-hydrogen) atoms. The Morgan fingerprint density at radius 2 is 2.00 bits per heavy atom. The number of piperidine rings is 1. The molecule has 2 unspecified atom stereocenters. The fourth-order valence-electron chi connectivity index (χ4n) is 3.52. The molecule has 2 fully saturated rings. The second kappa shape index (κ2) is 6.90. The van der Waals surface area contributed by atoms with E-state index < -0.39 is 0 Å². The third kappa shape index (κ3) is 3.73. The molecule has 0 aromatic carbocycles. The van der Waals surface area contributed by atoms with E-state index in [2.05, 4.69) is 36.3 Å². The monoisotopic (exact) mass is 281 g/mol. The average Bonchev–Trinajstić information content (AvgIpc) is 2.93. The third-order valence-corrected chi connectivity index (χ3v) is 5.00. The number of rotatable bonds is 5. The van der Waals surface area contributed by atoms with Crippen molar-refractivity contribution in [3.8, 4) is 0 Å². The zero-order valence-corrected chi connectivity index (χ0v) is 13.4. The molecule has 0 bridgehead atoms. The molecule has 116 valence electrons. The Balaban J connectivity index is 1.86. The Labute approximate surface area is 123 Å². The van der Waals surface area contributed by atoms with Crippen molar-refractivity contribution in [1.82, 2.24) is 15.5 Å². The van der Waals surface area contributed by atoms with Crippen LogP contribution in [0.1, 0.15) is 46.5 Å². The topological polar surface area (TPSA) is 44.4 Å². The first kappa shape index (κ1) is 15.8. The largest absolute Gasteiger partial charge is 0.354 e. The van der Waals surface area contributed by atoms with E-state index in [0.29, 0.717) is 12.0 Å². The van der Waals surface area contributed by atoms with Crippen LogP contribution >= 0.6 is 0 Å². The molecule has 2 atom stereocenters. The molecule has 0 radical (unpaired) electrons. The normalized spacial score (nSPS) is 29.6. The van der Waals surface area contributed by atoms with Gasteiger partial charge in [0.05, 0.1) is 5.41 Å². The molecular weight excluding hydrogens is 250 g/mol. The summed E-state index contributed by atoms with van der Waals surface area (Å²) < 4.78 is 0. The van der Waals surface area contributed by atoms with E-state index in [9.17, 15) is 4.79 Å². The Morgan fingerprint density at radius 3 is 2.55 bits per heavy atom. The zero-order chi connectivity index (χ0) is 14.6. The minimum absolute atomic E-state index is 0.217. The lowest BCUT2D eigenvalue weighted by atomic mass is 9.82. The Bertz CT molecular complexity index is 318. The van der Waals surface area contributed by atoms with Crippen LogP contribution in [0.2, 0.25) is 0 Å². The number of hydrogen-bond donors (Lipinski definition) is 2. The van der Waals surface area contributed by atoms with Gasteiger partial charge in [0.2, 0.25) is 5.91 Å². The van der Waals surface area contributed by atoms with E-state index >= 15 is 0 Å². The average molecular weight is 281 g/mol. The molecule has 4 heteroatoms. The van der Waals surface area contributed by atoms with Gasteiger partial charge in [-0.25, -0.2) is 0 Å². The van der Waals surface area contributed by atoms with Crippen LogP contribution in [-0.2, 0) is 4.79 Å². The van der Waals surface area contributed by atoms with E-state index in [4.69, 9.17) is 0 Å². The van der Waals surface area contributed by atoms with Crippen LogP contribution in [0.15, 0.2) is 0 Å². The molecule has 0 aromatic rings. The summed E-state index contributed by atoms with van der Waals surface area (Å²) in [6.45, 7) is 11.7. The van der Waals surface area contributed by atoms with Gasteiger partial charge < -0.3 is 10.6 Å². The lowest BCUT2D eigenvalue weighted by Crippen LogP contribution is -2.52.